The molecule has 2 aromatic carbocycles. The van der Waals surface area contributed by atoms with Gasteiger partial charge in [-0.25, -0.2) is 5.43 Å². The van der Waals surface area contributed by atoms with E-state index in [0.717, 1.165) is 4.47 Å². The minimum atomic E-state index is -0.497. The van der Waals surface area contributed by atoms with Crippen LogP contribution in [0.15, 0.2) is 50.4 Å². The number of aromatic amines is 1. The SMILES string of the molecule is O=C(N/N=C\c1cc(Br)cc(Br)c1O)c1cc(-c2ccc(Cl)cc2Cl)n[nH]1. The van der Waals surface area contributed by atoms with Crippen LogP contribution in [0.2, 0.25) is 10.0 Å². The molecule has 1 amide bonds. The average Bonchev–Trinajstić information content (AvgIpc) is 3.08. The zero-order valence-electron chi connectivity index (χ0n) is 13.3. The molecule has 0 saturated heterocycles. The molecule has 0 bridgehead atoms. The Bertz CT molecular complexity index is 1050. The van der Waals surface area contributed by atoms with Crippen LogP contribution < -0.4 is 5.43 Å². The highest BCUT2D eigenvalue weighted by atomic mass is 79.9. The van der Waals surface area contributed by atoms with Gasteiger partial charge in [0, 0.05) is 20.6 Å². The molecule has 0 aliphatic carbocycles. The lowest BCUT2D eigenvalue weighted by molar-refractivity contribution is 0.0950. The second-order valence-electron chi connectivity index (χ2n) is 5.32. The van der Waals surface area contributed by atoms with Gasteiger partial charge < -0.3 is 5.11 Å². The fourth-order valence-electron chi connectivity index (χ4n) is 2.18. The number of nitrogens with one attached hydrogen (secondary N) is 2. The summed E-state index contributed by atoms with van der Waals surface area (Å²) >= 11 is 18.6. The molecule has 10 heteroatoms. The highest BCUT2D eigenvalue weighted by Gasteiger charge is 2.13. The van der Waals surface area contributed by atoms with E-state index in [2.05, 4.69) is 52.6 Å². The van der Waals surface area contributed by atoms with Crippen molar-refractivity contribution >= 4 is 67.2 Å². The Labute approximate surface area is 180 Å². The zero-order chi connectivity index (χ0) is 19.6. The monoisotopic (exact) mass is 530 g/mol. The highest BCUT2D eigenvalue weighted by molar-refractivity contribution is 9.11. The van der Waals surface area contributed by atoms with Crippen molar-refractivity contribution in [1.82, 2.24) is 15.6 Å². The van der Waals surface area contributed by atoms with Crippen molar-refractivity contribution in [1.29, 1.82) is 0 Å². The second kappa shape index (κ2) is 8.43. The number of phenols is 1. The highest BCUT2D eigenvalue weighted by Crippen LogP contribution is 2.31. The van der Waals surface area contributed by atoms with Crippen molar-refractivity contribution in [3.05, 3.63) is 66.6 Å². The van der Waals surface area contributed by atoms with E-state index in [0.29, 0.717) is 31.3 Å². The van der Waals surface area contributed by atoms with Gasteiger partial charge in [0.05, 0.1) is 21.4 Å². The quantitative estimate of drug-likeness (QED) is 0.311. The number of phenolic OH excluding ortho intramolecular Hbond substituents is 1. The smallest absolute Gasteiger partial charge is 0.289 e. The fraction of sp³-hybridized carbons (Fsp3) is 0. The Morgan fingerprint density at radius 1 is 1.22 bits per heavy atom. The van der Waals surface area contributed by atoms with Crippen molar-refractivity contribution in [3.8, 4) is 17.0 Å². The number of amides is 1. The average molecular weight is 533 g/mol. The van der Waals surface area contributed by atoms with E-state index in [9.17, 15) is 9.90 Å². The molecule has 3 N–H and O–H groups in total. The van der Waals surface area contributed by atoms with Gasteiger partial charge in [0.1, 0.15) is 11.4 Å². The number of hydrogen-bond donors (Lipinski definition) is 3. The molecule has 1 heterocycles. The standard InChI is InChI=1S/C17H10Br2Cl2N4O2/c18-9-3-8(16(26)12(19)4-9)7-22-25-17(27)15-6-14(23-24-15)11-2-1-10(20)5-13(11)21/h1-7,26H,(H,23,24)(H,25,27)/b22-7-. The summed E-state index contributed by atoms with van der Waals surface area (Å²) in [6.07, 6.45) is 1.33. The maximum absolute atomic E-state index is 12.2. The maximum atomic E-state index is 12.2. The normalized spacial score (nSPS) is 11.1. The molecule has 3 aromatic rings. The van der Waals surface area contributed by atoms with Gasteiger partial charge in [0.2, 0.25) is 0 Å². The van der Waals surface area contributed by atoms with Crippen LogP contribution in [0.25, 0.3) is 11.3 Å². The first kappa shape index (κ1) is 19.9. The van der Waals surface area contributed by atoms with Gasteiger partial charge in [-0.15, -0.1) is 0 Å². The number of H-pyrrole nitrogens is 1. The first-order chi connectivity index (χ1) is 12.8. The summed E-state index contributed by atoms with van der Waals surface area (Å²) in [7, 11) is 0. The molecule has 6 nitrogen and oxygen atoms in total. The molecule has 0 aliphatic heterocycles. The molecule has 138 valence electrons. The summed E-state index contributed by atoms with van der Waals surface area (Å²) in [4.78, 5) is 12.2. The third kappa shape index (κ3) is 4.70. The Kier molecular flexibility index (Phi) is 6.21. The Morgan fingerprint density at radius 2 is 2.00 bits per heavy atom. The van der Waals surface area contributed by atoms with Crippen LogP contribution >= 0.6 is 55.1 Å². The Balaban J connectivity index is 1.73. The first-order valence-electron chi connectivity index (χ1n) is 7.37. The number of hydrogen-bond acceptors (Lipinski definition) is 4. The number of nitrogens with zero attached hydrogens (tertiary/aromatic N) is 2. The predicted octanol–water partition coefficient (Wildman–Crippen LogP) is 5.38. The van der Waals surface area contributed by atoms with Crippen molar-refractivity contribution in [2.24, 2.45) is 5.10 Å². The Morgan fingerprint density at radius 3 is 2.74 bits per heavy atom. The number of benzene rings is 2. The molecule has 0 atom stereocenters. The number of halogens is 4. The van der Waals surface area contributed by atoms with Crippen LogP contribution in [0.4, 0.5) is 0 Å². The molecule has 0 fully saturated rings. The summed E-state index contributed by atoms with van der Waals surface area (Å²) in [5.41, 5.74) is 4.13. The second-order valence-corrected chi connectivity index (χ2v) is 7.93. The molecular weight excluding hydrogens is 523 g/mol. The molecule has 0 saturated carbocycles. The van der Waals surface area contributed by atoms with Crippen molar-refractivity contribution in [2.75, 3.05) is 0 Å². The maximum Gasteiger partial charge on any atom is 0.289 e. The topological polar surface area (TPSA) is 90.4 Å². The molecule has 0 aliphatic rings. The third-order valence-electron chi connectivity index (χ3n) is 3.46. The summed E-state index contributed by atoms with van der Waals surface area (Å²) in [6, 6.07) is 9.90. The van der Waals surface area contributed by atoms with Gasteiger partial charge in [-0.3, -0.25) is 9.89 Å². The van der Waals surface area contributed by atoms with Crippen LogP contribution in [0, 0.1) is 0 Å². The zero-order valence-corrected chi connectivity index (χ0v) is 18.0. The lowest BCUT2D eigenvalue weighted by atomic mass is 10.1. The Hall–Kier alpha value is -1.87. The summed E-state index contributed by atoms with van der Waals surface area (Å²) in [6.45, 7) is 0. The van der Waals surface area contributed by atoms with E-state index in [-0.39, 0.29) is 11.4 Å². The summed E-state index contributed by atoms with van der Waals surface area (Å²) < 4.78 is 1.25. The fourth-order valence-corrected chi connectivity index (χ4v) is 3.94. The van der Waals surface area contributed by atoms with Crippen molar-refractivity contribution in [3.63, 3.8) is 0 Å². The van der Waals surface area contributed by atoms with Gasteiger partial charge in [-0.1, -0.05) is 39.1 Å². The van der Waals surface area contributed by atoms with Crippen molar-refractivity contribution < 1.29 is 9.90 Å². The van der Waals surface area contributed by atoms with E-state index >= 15 is 0 Å². The largest absolute Gasteiger partial charge is 0.506 e. The van der Waals surface area contributed by atoms with E-state index < -0.39 is 5.91 Å². The van der Waals surface area contributed by atoms with Crippen molar-refractivity contribution in [2.45, 2.75) is 0 Å². The van der Waals surface area contributed by atoms with Gasteiger partial charge >= 0.3 is 0 Å². The number of aromatic nitrogens is 2. The summed E-state index contributed by atoms with van der Waals surface area (Å²) in [5.74, 6) is -0.485. The number of aromatic hydroxyl groups is 1. The van der Waals surface area contributed by atoms with E-state index in [1.165, 1.54) is 6.21 Å². The number of carbonyl (C=O) groups excluding carboxylic acids is 1. The third-order valence-corrected chi connectivity index (χ3v) is 5.07. The lowest BCUT2D eigenvalue weighted by Gasteiger charge is -2.02. The predicted molar refractivity (Wildman–Crippen MR) is 113 cm³/mol. The molecule has 0 spiro atoms. The van der Waals surface area contributed by atoms with Gasteiger partial charge in [0.15, 0.2) is 0 Å². The van der Waals surface area contributed by atoms with E-state index in [4.69, 9.17) is 23.2 Å². The first-order valence-corrected chi connectivity index (χ1v) is 9.71. The minimum Gasteiger partial charge on any atom is -0.506 e. The molecule has 1 aromatic heterocycles. The van der Waals surface area contributed by atoms with E-state index in [1.807, 2.05) is 0 Å². The molecule has 27 heavy (non-hydrogen) atoms. The number of rotatable bonds is 4. The molecule has 3 rings (SSSR count). The van der Waals surface area contributed by atoms with Gasteiger partial charge in [-0.2, -0.15) is 10.2 Å². The molecular formula is C17H10Br2Cl2N4O2. The summed E-state index contributed by atoms with van der Waals surface area (Å²) in [5, 5.41) is 21.5. The number of hydrazone groups is 1. The van der Waals surface area contributed by atoms with Crippen LogP contribution in [-0.2, 0) is 0 Å². The van der Waals surface area contributed by atoms with Gasteiger partial charge in [-0.05, 0) is 52.3 Å². The van der Waals surface area contributed by atoms with Crippen LogP contribution in [0.1, 0.15) is 16.1 Å². The minimum absolute atomic E-state index is 0.0115. The van der Waals surface area contributed by atoms with Crippen LogP contribution in [-0.4, -0.2) is 27.4 Å². The lowest BCUT2D eigenvalue weighted by Crippen LogP contribution is -2.18. The molecule has 0 radical (unpaired) electrons. The van der Waals surface area contributed by atoms with Crippen LogP contribution in [0.3, 0.4) is 0 Å². The molecule has 0 unspecified atom stereocenters. The van der Waals surface area contributed by atoms with Gasteiger partial charge in [0.25, 0.3) is 5.91 Å². The number of carbonyl (C=O) groups is 1. The van der Waals surface area contributed by atoms with Crippen LogP contribution in [0.5, 0.6) is 5.75 Å². The van der Waals surface area contributed by atoms with E-state index in [1.54, 1.807) is 36.4 Å².